The lowest BCUT2D eigenvalue weighted by Crippen LogP contribution is -2.43. The van der Waals surface area contributed by atoms with Crippen molar-refractivity contribution >= 4 is 12.1 Å². The van der Waals surface area contributed by atoms with Gasteiger partial charge in [-0.1, -0.05) is 54.6 Å². The first-order valence-electron chi connectivity index (χ1n) is 8.50. The van der Waals surface area contributed by atoms with Crippen LogP contribution in [0.5, 0.6) is 0 Å². The summed E-state index contributed by atoms with van der Waals surface area (Å²) < 4.78 is 5.50. The molecule has 0 radical (unpaired) electrons. The molecule has 0 bridgehead atoms. The topological polar surface area (TPSA) is 66.8 Å². The summed E-state index contributed by atoms with van der Waals surface area (Å²) in [5.41, 5.74) is 4.52. The van der Waals surface area contributed by atoms with Gasteiger partial charge in [0.25, 0.3) is 0 Å². The molecule has 5 nitrogen and oxygen atoms in total. The molecular weight excluding hydrogens is 330 g/mol. The van der Waals surface area contributed by atoms with E-state index in [-0.39, 0.29) is 19.1 Å². The molecule has 0 heterocycles. The molecule has 1 atom stereocenters. The molecule has 134 valence electrons. The lowest BCUT2D eigenvalue weighted by atomic mass is 9.98. The van der Waals surface area contributed by atoms with Crippen molar-refractivity contribution in [3.05, 3.63) is 72.3 Å². The molecule has 2 aromatic carbocycles. The van der Waals surface area contributed by atoms with Gasteiger partial charge in [0, 0.05) is 12.5 Å². The number of hydrogen-bond donors (Lipinski definition) is 1. The molecule has 0 aliphatic heterocycles. The minimum Gasteiger partial charge on any atom is -0.480 e. The summed E-state index contributed by atoms with van der Waals surface area (Å²) in [5, 5.41) is 9.18. The number of carboxylic acid groups (broad SMARTS) is 1. The van der Waals surface area contributed by atoms with Gasteiger partial charge in [-0.3, -0.25) is 4.90 Å². The van der Waals surface area contributed by atoms with Crippen molar-refractivity contribution in [2.24, 2.45) is 0 Å². The van der Waals surface area contributed by atoms with E-state index in [4.69, 9.17) is 4.74 Å². The molecule has 3 rings (SSSR count). The van der Waals surface area contributed by atoms with E-state index in [0.717, 1.165) is 27.2 Å². The molecule has 1 aliphatic carbocycles. The molecular formula is C21H21NO4. The van der Waals surface area contributed by atoms with Gasteiger partial charge in [0.15, 0.2) is 0 Å². The van der Waals surface area contributed by atoms with Crippen LogP contribution in [-0.4, -0.2) is 41.3 Å². The molecule has 0 unspecified atom stereocenters. The standard InChI is InChI=1S/C21H21NO4/c1-3-12-22(14(2)20(23)24)21(25)26-13-19-17-10-6-4-8-15(17)16-9-5-7-11-18(16)19/h3-11,14,19H,1,12-13H2,2H3,(H,23,24)/t14-/m1/s1. The molecule has 0 fully saturated rings. The van der Waals surface area contributed by atoms with Crippen LogP contribution in [0.15, 0.2) is 61.2 Å². The van der Waals surface area contributed by atoms with Crippen molar-refractivity contribution in [3.63, 3.8) is 0 Å². The van der Waals surface area contributed by atoms with E-state index < -0.39 is 18.1 Å². The fraction of sp³-hybridized carbons (Fsp3) is 0.238. The average Bonchev–Trinajstić information content (AvgIpc) is 2.97. The Morgan fingerprint density at radius 3 is 2.19 bits per heavy atom. The zero-order valence-corrected chi connectivity index (χ0v) is 14.6. The van der Waals surface area contributed by atoms with Crippen LogP contribution in [0.1, 0.15) is 24.0 Å². The Balaban J connectivity index is 1.80. The van der Waals surface area contributed by atoms with Gasteiger partial charge in [0.2, 0.25) is 0 Å². The number of benzene rings is 2. The smallest absolute Gasteiger partial charge is 0.410 e. The van der Waals surface area contributed by atoms with Gasteiger partial charge in [-0.2, -0.15) is 0 Å². The van der Waals surface area contributed by atoms with Crippen LogP contribution >= 0.6 is 0 Å². The van der Waals surface area contributed by atoms with E-state index in [1.807, 2.05) is 36.4 Å². The minimum absolute atomic E-state index is 0.0583. The van der Waals surface area contributed by atoms with Crippen LogP contribution in [0.4, 0.5) is 4.79 Å². The van der Waals surface area contributed by atoms with Gasteiger partial charge in [-0.15, -0.1) is 6.58 Å². The van der Waals surface area contributed by atoms with Gasteiger partial charge in [-0.25, -0.2) is 9.59 Å². The predicted octanol–water partition coefficient (Wildman–Crippen LogP) is 3.90. The van der Waals surface area contributed by atoms with Gasteiger partial charge in [-0.05, 0) is 29.2 Å². The quantitative estimate of drug-likeness (QED) is 0.802. The first kappa shape index (κ1) is 17.7. The Morgan fingerprint density at radius 2 is 1.69 bits per heavy atom. The van der Waals surface area contributed by atoms with Crippen molar-refractivity contribution in [2.75, 3.05) is 13.2 Å². The van der Waals surface area contributed by atoms with Crippen LogP contribution in [-0.2, 0) is 9.53 Å². The number of rotatable bonds is 6. The Hall–Kier alpha value is -3.08. The average molecular weight is 351 g/mol. The van der Waals surface area contributed by atoms with Crippen LogP contribution in [0.3, 0.4) is 0 Å². The molecule has 1 N–H and O–H groups in total. The highest BCUT2D eigenvalue weighted by Crippen LogP contribution is 2.44. The van der Waals surface area contributed by atoms with Crippen molar-refractivity contribution in [1.82, 2.24) is 4.90 Å². The predicted molar refractivity (Wildman–Crippen MR) is 99.1 cm³/mol. The normalized spacial score (nSPS) is 13.4. The van der Waals surface area contributed by atoms with Gasteiger partial charge in [0.1, 0.15) is 12.6 Å². The molecule has 1 amide bonds. The molecule has 2 aromatic rings. The van der Waals surface area contributed by atoms with E-state index in [2.05, 4.69) is 18.7 Å². The third-order valence-electron chi connectivity index (χ3n) is 4.72. The van der Waals surface area contributed by atoms with Crippen LogP contribution in [0, 0.1) is 0 Å². The largest absolute Gasteiger partial charge is 0.480 e. The summed E-state index contributed by atoms with van der Waals surface area (Å²) in [6, 6.07) is 15.1. The minimum atomic E-state index is -1.08. The molecule has 26 heavy (non-hydrogen) atoms. The fourth-order valence-corrected chi connectivity index (χ4v) is 3.34. The number of carbonyl (C=O) groups is 2. The summed E-state index contributed by atoms with van der Waals surface area (Å²) in [6.45, 7) is 5.31. The van der Waals surface area contributed by atoms with Gasteiger partial charge in [0.05, 0.1) is 0 Å². The highest BCUT2D eigenvalue weighted by Gasteiger charge is 2.31. The van der Waals surface area contributed by atoms with Crippen molar-refractivity contribution in [1.29, 1.82) is 0 Å². The molecule has 0 spiro atoms. The van der Waals surface area contributed by atoms with Crippen molar-refractivity contribution < 1.29 is 19.4 Å². The number of nitrogens with zero attached hydrogens (tertiary/aromatic N) is 1. The number of ether oxygens (including phenoxy) is 1. The van der Waals surface area contributed by atoms with E-state index >= 15 is 0 Å². The molecule has 0 saturated heterocycles. The van der Waals surface area contributed by atoms with Crippen LogP contribution in [0.2, 0.25) is 0 Å². The maximum atomic E-state index is 12.5. The second-order valence-electron chi connectivity index (χ2n) is 6.26. The number of carbonyl (C=O) groups excluding carboxylic acids is 1. The Kier molecular flexibility index (Phi) is 5.07. The third kappa shape index (κ3) is 3.20. The summed E-state index contributed by atoms with van der Waals surface area (Å²) in [5.74, 6) is -1.14. The number of fused-ring (bicyclic) bond motifs is 3. The Bertz CT molecular complexity index is 800. The van der Waals surface area contributed by atoms with Crippen molar-refractivity contribution in [2.45, 2.75) is 18.9 Å². The zero-order valence-electron chi connectivity index (χ0n) is 14.6. The monoisotopic (exact) mass is 351 g/mol. The highest BCUT2D eigenvalue weighted by molar-refractivity contribution is 5.81. The van der Waals surface area contributed by atoms with Gasteiger partial charge >= 0.3 is 12.1 Å². The van der Waals surface area contributed by atoms with Crippen LogP contribution in [0.25, 0.3) is 11.1 Å². The SMILES string of the molecule is C=CCN(C(=O)OCC1c2ccccc2-c2ccccc21)[C@H](C)C(=O)O. The molecule has 0 aromatic heterocycles. The summed E-state index contributed by atoms with van der Waals surface area (Å²) in [7, 11) is 0. The number of amides is 1. The van der Waals surface area contributed by atoms with Gasteiger partial charge < -0.3 is 9.84 Å². The fourth-order valence-electron chi connectivity index (χ4n) is 3.34. The lowest BCUT2D eigenvalue weighted by Gasteiger charge is -2.25. The molecule has 1 aliphatic rings. The maximum absolute atomic E-state index is 12.5. The zero-order chi connectivity index (χ0) is 18.7. The summed E-state index contributed by atoms with van der Waals surface area (Å²) >= 11 is 0. The van der Waals surface area contributed by atoms with E-state index in [1.165, 1.54) is 13.0 Å². The van der Waals surface area contributed by atoms with Crippen molar-refractivity contribution in [3.8, 4) is 11.1 Å². The molecule has 0 saturated carbocycles. The number of carboxylic acids is 1. The maximum Gasteiger partial charge on any atom is 0.410 e. The second kappa shape index (κ2) is 7.44. The van der Waals surface area contributed by atoms with Crippen LogP contribution < -0.4 is 0 Å². The number of aliphatic carboxylic acids is 1. The first-order chi connectivity index (χ1) is 12.5. The molecule has 5 heteroatoms. The third-order valence-corrected chi connectivity index (χ3v) is 4.72. The Labute approximate surface area is 152 Å². The summed E-state index contributed by atoms with van der Waals surface area (Å²) in [6.07, 6.45) is 0.836. The Morgan fingerprint density at radius 1 is 1.15 bits per heavy atom. The van der Waals surface area contributed by atoms with E-state index in [0.29, 0.717) is 0 Å². The number of hydrogen-bond acceptors (Lipinski definition) is 3. The highest BCUT2D eigenvalue weighted by atomic mass is 16.6. The second-order valence-corrected chi connectivity index (χ2v) is 6.26. The summed E-state index contributed by atoms with van der Waals surface area (Å²) in [4.78, 5) is 24.8. The first-order valence-corrected chi connectivity index (χ1v) is 8.50. The lowest BCUT2D eigenvalue weighted by molar-refractivity contribution is -0.141. The van der Waals surface area contributed by atoms with E-state index in [9.17, 15) is 14.7 Å². The van der Waals surface area contributed by atoms with E-state index in [1.54, 1.807) is 0 Å².